The van der Waals surface area contributed by atoms with Gasteiger partial charge >= 0.3 is 5.97 Å². The predicted octanol–water partition coefficient (Wildman–Crippen LogP) is 3.43. The summed E-state index contributed by atoms with van der Waals surface area (Å²) in [6.45, 7) is 4.07. The first-order chi connectivity index (χ1) is 9.23. The Hall–Kier alpha value is -2.35. The molecule has 1 saturated heterocycles. The van der Waals surface area contributed by atoms with Crippen molar-refractivity contribution in [2.45, 2.75) is 12.0 Å². The van der Waals surface area contributed by atoms with Crippen LogP contribution in [-0.2, 0) is 15.1 Å². The molecular formula is C17H14O2. The number of cyclic esters (lactones) is 1. The summed E-state index contributed by atoms with van der Waals surface area (Å²) in [6.07, 6.45) is 0.268. The minimum atomic E-state index is -0.834. The molecule has 0 bridgehead atoms. The van der Waals surface area contributed by atoms with Gasteiger partial charge in [0.05, 0.1) is 6.42 Å². The van der Waals surface area contributed by atoms with Crippen molar-refractivity contribution in [1.29, 1.82) is 0 Å². The highest BCUT2D eigenvalue weighted by Gasteiger charge is 2.46. The molecule has 0 saturated carbocycles. The average molecular weight is 250 g/mol. The van der Waals surface area contributed by atoms with E-state index in [1.54, 1.807) is 0 Å². The number of ether oxygens (including phenoxy) is 1. The first-order valence-corrected chi connectivity index (χ1v) is 6.24. The zero-order valence-electron chi connectivity index (χ0n) is 10.5. The van der Waals surface area contributed by atoms with Crippen LogP contribution in [0.15, 0.2) is 72.8 Å². The number of carbonyl (C=O) groups is 1. The fraction of sp³-hybridized carbons (Fsp3) is 0.118. The summed E-state index contributed by atoms with van der Waals surface area (Å²) in [5.41, 5.74) is 1.84. The summed E-state index contributed by atoms with van der Waals surface area (Å²) in [6, 6.07) is 19.5. The largest absolute Gasteiger partial charge is 0.444 e. The molecule has 1 aliphatic rings. The molecule has 0 spiro atoms. The van der Waals surface area contributed by atoms with Gasteiger partial charge < -0.3 is 4.74 Å². The van der Waals surface area contributed by atoms with Gasteiger partial charge in [-0.3, -0.25) is 4.79 Å². The molecule has 19 heavy (non-hydrogen) atoms. The van der Waals surface area contributed by atoms with Crippen LogP contribution in [0.4, 0.5) is 0 Å². The highest BCUT2D eigenvalue weighted by molar-refractivity contribution is 5.79. The minimum absolute atomic E-state index is 0.224. The second-order valence-corrected chi connectivity index (χ2v) is 4.67. The maximum atomic E-state index is 11.7. The number of esters is 1. The molecule has 0 amide bonds. The quantitative estimate of drug-likeness (QED) is 0.603. The van der Waals surface area contributed by atoms with E-state index in [0.29, 0.717) is 0 Å². The molecule has 0 N–H and O–H groups in total. The van der Waals surface area contributed by atoms with Crippen molar-refractivity contribution < 1.29 is 9.53 Å². The Morgan fingerprint density at radius 1 is 0.895 bits per heavy atom. The van der Waals surface area contributed by atoms with E-state index in [1.807, 2.05) is 60.7 Å². The maximum Gasteiger partial charge on any atom is 0.311 e. The van der Waals surface area contributed by atoms with Crippen LogP contribution in [-0.4, -0.2) is 5.97 Å². The maximum absolute atomic E-state index is 11.7. The van der Waals surface area contributed by atoms with Crippen molar-refractivity contribution in [3.05, 3.63) is 83.9 Å². The van der Waals surface area contributed by atoms with E-state index in [9.17, 15) is 4.79 Å². The molecule has 94 valence electrons. The fourth-order valence-electron chi connectivity index (χ4n) is 2.62. The van der Waals surface area contributed by atoms with E-state index in [2.05, 4.69) is 6.58 Å². The first-order valence-electron chi connectivity index (χ1n) is 6.24. The highest BCUT2D eigenvalue weighted by Crippen LogP contribution is 2.45. The van der Waals surface area contributed by atoms with Crippen molar-refractivity contribution >= 4 is 5.97 Å². The Morgan fingerprint density at radius 2 is 1.37 bits per heavy atom. The lowest BCUT2D eigenvalue weighted by Crippen LogP contribution is -2.28. The van der Waals surface area contributed by atoms with Crippen LogP contribution < -0.4 is 0 Å². The molecule has 0 radical (unpaired) electrons. The molecule has 0 aromatic heterocycles. The topological polar surface area (TPSA) is 26.3 Å². The molecule has 1 heterocycles. The van der Waals surface area contributed by atoms with E-state index < -0.39 is 5.60 Å². The van der Waals surface area contributed by atoms with Crippen molar-refractivity contribution in [2.75, 3.05) is 0 Å². The van der Waals surface area contributed by atoms with Gasteiger partial charge in [0, 0.05) is 11.1 Å². The number of carbonyl (C=O) groups excluding carboxylic acids is 1. The van der Waals surface area contributed by atoms with Crippen molar-refractivity contribution in [1.82, 2.24) is 0 Å². The van der Waals surface area contributed by atoms with Gasteiger partial charge in [0.2, 0.25) is 0 Å². The van der Waals surface area contributed by atoms with Crippen molar-refractivity contribution in [3.8, 4) is 0 Å². The van der Waals surface area contributed by atoms with Gasteiger partial charge in [-0.1, -0.05) is 67.2 Å². The van der Waals surface area contributed by atoms with Crippen LogP contribution in [0.25, 0.3) is 0 Å². The van der Waals surface area contributed by atoms with Crippen LogP contribution in [0, 0.1) is 0 Å². The molecule has 2 aromatic rings. The lowest BCUT2D eigenvalue weighted by atomic mass is 9.81. The van der Waals surface area contributed by atoms with E-state index in [1.165, 1.54) is 0 Å². The van der Waals surface area contributed by atoms with Crippen LogP contribution >= 0.6 is 0 Å². The molecule has 0 aliphatic carbocycles. The van der Waals surface area contributed by atoms with Crippen molar-refractivity contribution in [2.24, 2.45) is 0 Å². The van der Waals surface area contributed by atoms with E-state index >= 15 is 0 Å². The molecule has 0 unspecified atom stereocenters. The van der Waals surface area contributed by atoms with Gasteiger partial charge in [0.25, 0.3) is 0 Å². The van der Waals surface area contributed by atoms with Gasteiger partial charge in [-0.15, -0.1) is 0 Å². The molecule has 2 heteroatoms. The third-order valence-electron chi connectivity index (χ3n) is 3.48. The zero-order chi connectivity index (χ0) is 13.3. The summed E-state index contributed by atoms with van der Waals surface area (Å²) in [5, 5.41) is 0. The molecule has 1 aliphatic heterocycles. The van der Waals surface area contributed by atoms with E-state index in [4.69, 9.17) is 4.74 Å². The Balaban J connectivity index is 2.23. The number of benzene rings is 2. The summed E-state index contributed by atoms with van der Waals surface area (Å²) in [7, 11) is 0. The summed E-state index contributed by atoms with van der Waals surface area (Å²) < 4.78 is 5.69. The molecule has 1 fully saturated rings. The summed E-state index contributed by atoms with van der Waals surface area (Å²) in [5.74, 6) is -0.224. The number of hydrogen-bond acceptors (Lipinski definition) is 2. The minimum Gasteiger partial charge on any atom is -0.444 e. The molecule has 2 aromatic carbocycles. The average Bonchev–Trinajstić information content (AvgIpc) is 2.76. The Bertz CT molecular complexity index is 575. The number of rotatable bonds is 2. The monoisotopic (exact) mass is 250 g/mol. The molecule has 0 atom stereocenters. The van der Waals surface area contributed by atoms with E-state index in [0.717, 1.165) is 16.7 Å². The van der Waals surface area contributed by atoms with Crippen LogP contribution in [0.3, 0.4) is 0 Å². The zero-order valence-corrected chi connectivity index (χ0v) is 10.5. The van der Waals surface area contributed by atoms with Gasteiger partial charge in [-0.05, 0) is 5.57 Å². The lowest BCUT2D eigenvalue weighted by molar-refractivity contribution is -0.145. The molecule has 2 nitrogen and oxygen atoms in total. The third-order valence-corrected chi connectivity index (χ3v) is 3.48. The molecular weight excluding hydrogens is 236 g/mol. The summed E-state index contributed by atoms with van der Waals surface area (Å²) >= 11 is 0. The summed E-state index contributed by atoms with van der Waals surface area (Å²) in [4.78, 5) is 11.7. The van der Waals surface area contributed by atoms with Gasteiger partial charge in [-0.2, -0.15) is 0 Å². The SMILES string of the molecule is C=C1CC(=O)OC1(c1ccccc1)c1ccccc1. The van der Waals surface area contributed by atoms with Crippen molar-refractivity contribution in [3.63, 3.8) is 0 Å². The van der Waals surface area contributed by atoms with E-state index in [-0.39, 0.29) is 12.4 Å². The third kappa shape index (κ3) is 1.76. The Labute approximate surface area is 112 Å². The van der Waals surface area contributed by atoms with Crippen LogP contribution in [0.2, 0.25) is 0 Å². The first kappa shape index (κ1) is 11.7. The fourth-order valence-corrected chi connectivity index (χ4v) is 2.62. The smallest absolute Gasteiger partial charge is 0.311 e. The van der Waals surface area contributed by atoms with Crippen LogP contribution in [0.1, 0.15) is 17.5 Å². The van der Waals surface area contributed by atoms with Crippen LogP contribution in [0.5, 0.6) is 0 Å². The Kier molecular flexibility index (Phi) is 2.71. The van der Waals surface area contributed by atoms with Gasteiger partial charge in [-0.25, -0.2) is 0 Å². The molecule has 3 rings (SSSR count). The highest BCUT2D eigenvalue weighted by atomic mass is 16.6. The lowest BCUT2D eigenvalue weighted by Gasteiger charge is -2.30. The standard InChI is InChI=1S/C17H14O2/c1-13-12-16(18)19-17(13,14-8-4-2-5-9-14)15-10-6-3-7-11-15/h2-11H,1,12H2. The Morgan fingerprint density at radius 3 is 1.74 bits per heavy atom. The second-order valence-electron chi connectivity index (χ2n) is 4.67. The second kappa shape index (κ2) is 4.39. The van der Waals surface area contributed by atoms with Gasteiger partial charge in [0.1, 0.15) is 0 Å². The normalized spacial score (nSPS) is 17.3. The van der Waals surface area contributed by atoms with Gasteiger partial charge in [0.15, 0.2) is 5.60 Å². The number of hydrogen-bond donors (Lipinski definition) is 0. The predicted molar refractivity (Wildman–Crippen MR) is 73.5 cm³/mol.